The summed E-state index contributed by atoms with van der Waals surface area (Å²) in [6.07, 6.45) is 9.81. The molecule has 0 aromatic rings. The first-order chi connectivity index (χ1) is 12.1. The van der Waals surface area contributed by atoms with Gasteiger partial charge < -0.3 is 19.9 Å². The van der Waals surface area contributed by atoms with Gasteiger partial charge in [-0.1, -0.05) is 25.7 Å². The highest BCUT2D eigenvalue weighted by molar-refractivity contribution is 5.76. The van der Waals surface area contributed by atoms with Crippen molar-refractivity contribution in [3.8, 4) is 0 Å². The number of carbonyl (C=O) groups is 2. The molecular weight excluding hydrogens is 318 g/mol. The molecule has 2 heterocycles. The zero-order valence-electron chi connectivity index (χ0n) is 15.6. The van der Waals surface area contributed by atoms with Crippen LogP contribution in [0.15, 0.2) is 0 Å². The van der Waals surface area contributed by atoms with E-state index >= 15 is 0 Å². The molecule has 3 fully saturated rings. The number of ether oxygens (including phenoxy) is 1. The lowest BCUT2D eigenvalue weighted by molar-refractivity contribution is -0.139. The van der Waals surface area contributed by atoms with Gasteiger partial charge in [0.2, 0.25) is 5.91 Å². The van der Waals surface area contributed by atoms with E-state index in [1.165, 1.54) is 25.7 Å². The predicted molar refractivity (Wildman–Crippen MR) is 96.4 cm³/mol. The van der Waals surface area contributed by atoms with Crippen LogP contribution >= 0.6 is 0 Å². The summed E-state index contributed by atoms with van der Waals surface area (Å²) >= 11 is 0. The highest BCUT2D eigenvalue weighted by atomic mass is 16.5. The fourth-order valence-corrected chi connectivity index (χ4v) is 4.70. The van der Waals surface area contributed by atoms with E-state index in [-0.39, 0.29) is 17.5 Å². The van der Waals surface area contributed by atoms with Crippen LogP contribution in [0.1, 0.15) is 64.7 Å². The summed E-state index contributed by atoms with van der Waals surface area (Å²) < 4.78 is 5.52. The Hall–Kier alpha value is -1.30. The molecule has 2 aliphatic heterocycles. The first-order valence-electron chi connectivity index (χ1n) is 10.0. The molecule has 2 saturated heterocycles. The molecule has 0 aromatic heterocycles. The number of urea groups is 1. The quantitative estimate of drug-likeness (QED) is 0.739. The molecular formula is C19H33N3O3. The fourth-order valence-electron chi connectivity index (χ4n) is 4.70. The van der Waals surface area contributed by atoms with Gasteiger partial charge >= 0.3 is 6.03 Å². The summed E-state index contributed by atoms with van der Waals surface area (Å²) in [5.74, 6) is 0.118. The van der Waals surface area contributed by atoms with Crippen LogP contribution in [0.25, 0.3) is 0 Å². The van der Waals surface area contributed by atoms with Gasteiger partial charge in [-0.05, 0) is 32.1 Å². The largest absolute Gasteiger partial charge is 0.381 e. The van der Waals surface area contributed by atoms with Crippen molar-refractivity contribution in [2.75, 3.05) is 32.8 Å². The molecule has 0 atom stereocenters. The maximum absolute atomic E-state index is 12.8. The fraction of sp³-hybridized carbons (Fsp3) is 0.895. The summed E-state index contributed by atoms with van der Waals surface area (Å²) in [5, 5.41) is 3.25. The minimum atomic E-state index is -0.124. The molecule has 1 N–H and O–H groups in total. The molecule has 0 aromatic carbocycles. The van der Waals surface area contributed by atoms with E-state index in [1.54, 1.807) is 6.92 Å². The van der Waals surface area contributed by atoms with Crippen molar-refractivity contribution in [3.63, 3.8) is 0 Å². The third-order valence-corrected chi connectivity index (χ3v) is 6.29. The topological polar surface area (TPSA) is 61.9 Å². The standard InChI is InChI=1S/C19H33N3O3/c1-16(23)22-13-12-21(11-8-19(22)9-14-25-15-10-19)18(24)20-17-6-4-2-3-5-7-17/h17H,2-15H2,1H3,(H,20,24). The van der Waals surface area contributed by atoms with Crippen LogP contribution in [0.3, 0.4) is 0 Å². The lowest BCUT2D eigenvalue weighted by Crippen LogP contribution is -2.54. The van der Waals surface area contributed by atoms with Crippen LogP contribution in [-0.4, -0.2) is 66.2 Å². The Labute approximate surface area is 151 Å². The zero-order valence-corrected chi connectivity index (χ0v) is 15.6. The average Bonchev–Trinajstić information content (AvgIpc) is 2.95. The number of carbonyl (C=O) groups excluding carboxylic acids is 2. The van der Waals surface area contributed by atoms with Crippen molar-refractivity contribution in [1.82, 2.24) is 15.1 Å². The number of nitrogens with one attached hydrogen (secondary N) is 1. The summed E-state index contributed by atoms with van der Waals surface area (Å²) in [6, 6.07) is 0.374. The molecule has 0 unspecified atom stereocenters. The molecule has 3 amide bonds. The molecule has 3 rings (SSSR count). The van der Waals surface area contributed by atoms with Gasteiger partial charge in [-0.15, -0.1) is 0 Å². The van der Waals surface area contributed by atoms with Crippen molar-refractivity contribution >= 4 is 11.9 Å². The molecule has 142 valence electrons. The van der Waals surface area contributed by atoms with E-state index in [2.05, 4.69) is 5.32 Å². The number of hydrogen-bond donors (Lipinski definition) is 1. The minimum absolute atomic E-state index is 0.0551. The molecule has 1 spiro atoms. The molecule has 0 bridgehead atoms. The number of hydrogen-bond acceptors (Lipinski definition) is 3. The van der Waals surface area contributed by atoms with Crippen LogP contribution in [-0.2, 0) is 9.53 Å². The molecule has 3 aliphatic rings. The summed E-state index contributed by atoms with van der Waals surface area (Å²) in [6.45, 7) is 5.05. The Bertz CT molecular complexity index is 469. The van der Waals surface area contributed by atoms with Crippen molar-refractivity contribution in [3.05, 3.63) is 0 Å². The van der Waals surface area contributed by atoms with E-state index in [4.69, 9.17) is 4.74 Å². The smallest absolute Gasteiger partial charge is 0.317 e. The van der Waals surface area contributed by atoms with Gasteiger partial charge in [0, 0.05) is 51.4 Å². The summed E-state index contributed by atoms with van der Waals surface area (Å²) in [7, 11) is 0. The normalized spacial score (nSPS) is 25.3. The third-order valence-electron chi connectivity index (χ3n) is 6.29. The van der Waals surface area contributed by atoms with Crippen molar-refractivity contribution < 1.29 is 14.3 Å². The lowest BCUT2D eigenvalue weighted by Gasteiger charge is -2.44. The van der Waals surface area contributed by atoms with Crippen molar-refractivity contribution in [2.24, 2.45) is 0 Å². The van der Waals surface area contributed by atoms with E-state index in [0.717, 1.165) is 38.6 Å². The van der Waals surface area contributed by atoms with E-state index in [1.807, 2.05) is 9.80 Å². The highest BCUT2D eigenvalue weighted by Gasteiger charge is 2.42. The molecule has 1 aliphatic carbocycles. The van der Waals surface area contributed by atoms with Gasteiger partial charge in [-0.2, -0.15) is 0 Å². The number of rotatable bonds is 1. The Morgan fingerprint density at radius 3 is 2.28 bits per heavy atom. The van der Waals surface area contributed by atoms with Gasteiger partial charge in [-0.3, -0.25) is 4.79 Å². The first-order valence-corrected chi connectivity index (χ1v) is 10.0. The van der Waals surface area contributed by atoms with Gasteiger partial charge in [0.05, 0.1) is 0 Å². The maximum atomic E-state index is 12.8. The molecule has 6 heteroatoms. The van der Waals surface area contributed by atoms with Crippen molar-refractivity contribution in [2.45, 2.75) is 76.3 Å². The third kappa shape index (κ3) is 4.46. The first kappa shape index (κ1) is 18.5. The molecule has 1 saturated carbocycles. The van der Waals surface area contributed by atoms with Crippen LogP contribution < -0.4 is 5.32 Å². The van der Waals surface area contributed by atoms with E-state index in [9.17, 15) is 9.59 Å². The lowest BCUT2D eigenvalue weighted by atomic mass is 9.84. The Morgan fingerprint density at radius 2 is 1.64 bits per heavy atom. The Balaban J connectivity index is 1.62. The van der Waals surface area contributed by atoms with Gasteiger partial charge in [0.25, 0.3) is 0 Å². The summed E-state index contributed by atoms with van der Waals surface area (Å²) in [4.78, 5) is 28.9. The Morgan fingerprint density at radius 1 is 0.960 bits per heavy atom. The van der Waals surface area contributed by atoms with E-state index < -0.39 is 0 Å². The SMILES string of the molecule is CC(=O)N1CCN(C(=O)NC2CCCCCC2)CCC12CCOCC2. The monoisotopic (exact) mass is 351 g/mol. The highest BCUT2D eigenvalue weighted by Crippen LogP contribution is 2.33. The van der Waals surface area contributed by atoms with Crippen LogP contribution in [0.5, 0.6) is 0 Å². The second-order valence-corrected chi connectivity index (χ2v) is 7.88. The predicted octanol–water partition coefficient (Wildman–Crippen LogP) is 2.52. The second-order valence-electron chi connectivity index (χ2n) is 7.88. The molecule has 6 nitrogen and oxygen atoms in total. The molecule has 25 heavy (non-hydrogen) atoms. The second kappa shape index (κ2) is 8.39. The zero-order chi connectivity index (χ0) is 17.7. The summed E-state index contributed by atoms with van der Waals surface area (Å²) in [5.41, 5.74) is -0.124. The minimum Gasteiger partial charge on any atom is -0.381 e. The number of amides is 3. The van der Waals surface area contributed by atoms with Gasteiger partial charge in [0.15, 0.2) is 0 Å². The van der Waals surface area contributed by atoms with E-state index in [0.29, 0.717) is 32.3 Å². The van der Waals surface area contributed by atoms with Crippen LogP contribution in [0.4, 0.5) is 4.79 Å². The average molecular weight is 351 g/mol. The molecule has 0 radical (unpaired) electrons. The Kier molecular flexibility index (Phi) is 6.20. The van der Waals surface area contributed by atoms with Gasteiger partial charge in [0.1, 0.15) is 0 Å². The van der Waals surface area contributed by atoms with Crippen LogP contribution in [0.2, 0.25) is 0 Å². The van der Waals surface area contributed by atoms with Crippen LogP contribution in [0, 0.1) is 0 Å². The van der Waals surface area contributed by atoms with Crippen molar-refractivity contribution in [1.29, 1.82) is 0 Å². The number of nitrogens with zero attached hydrogens (tertiary/aromatic N) is 2. The maximum Gasteiger partial charge on any atom is 0.317 e. The van der Waals surface area contributed by atoms with Gasteiger partial charge in [-0.25, -0.2) is 4.79 Å².